The van der Waals surface area contributed by atoms with Gasteiger partial charge >= 0.3 is 0 Å². The predicted molar refractivity (Wildman–Crippen MR) is 196 cm³/mol. The van der Waals surface area contributed by atoms with Crippen LogP contribution >= 0.6 is 0 Å². The van der Waals surface area contributed by atoms with E-state index in [0.717, 1.165) is 77.4 Å². The van der Waals surface area contributed by atoms with Gasteiger partial charge in [0, 0.05) is 38.2 Å². The van der Waals surface area contributed by atoms with E-state index >= 15 is 0 Å². The molecule has 0 aliphatic carbocycles. The smallest absolute Gasteiger partial charge is 0.143 e. The highest BCUT2D eigenvalue weighted by atomic mass is 16.3. The van der Waals surface area contributed by atoms with Crippen molar-refractivity contribution < 1.29 is 4.42 Å². The van der Waals surface area contributed by atoms with E-state index in [1.165, 1.54) is 21.5 Å². The number of aromatic nitrogens is 2. The summed E-state index contributed by atoms with van der Waals surface area (Å²) >= 11 is 0. The van der Waals surface area contributed by atoms with Crippen LogP contribution in [0.15, 0.2) is 162 Å². The van der Waals surface area contributed by atoms with Crippen LogP contribution in [0.4, 0.5) is 0 Å². The summed E-state index contributed by atoms with van der Waals surface area (Å²) in [5, 5.41) is 9.27. The van der Waals surface area contributed by atoms with Gasteiger partial charge in [-0.25, -0.2) is 9.97 Å². The van der Waals surface area contributed by atoms with Crippen LogP contribution in [0.5, 0.6) is 0 Å². The van der Waals surface area contributed by atoms with Crippen molar-refractivity contribution in [2.24, 2.45) is 0 Å². The molecule has 0 N–H and O–H groups in total. The Morgan fingerprint density at radius 3 is 1.53 bits per heavy atom. The van der Waals surface area contributed by atoms with Crippen LogP contribution in [0.2, 0.25) is 0 Å². The molecule has 2 heterocycles. The molecule has 10 rings (SSSR count). The van der Waals surface area contributed by atoms with E-state index in [9.17, 15) is 0 Å². The molecule has 0 saturated heterocycles. The number of nitrogens with zero attached hydrogens (tertiary/aromatic N) is 2. The summed E-state index contributed by atoms with van der Waals surface area (Å²) in [4.78, 5) is 10.8. The number of fused-ring (bicyclic) bond motifs is 11. The minimum Gasteiger partial charge on any atom is -0.455 e. The van der Waals surface area contributed by atoms with Gasteiger partial charge in [0.15, 0.2) is 0 Å². The van der Waals surface area contributed by atoms with Crippen LogP contribution in [0.25, 0.3) is 98.9 Å². The first-order valence-electron chi connectivity index (χ1n) is 15.9. The standard InChI is InChI=1S/C44H26N2O/c1-2-12-28(13-3-1)40-41(46-43-35-19-9-7-17-33(35)32-16-6-8-18-34(32)42(43)45-40)29-24-22-27(23-25-29)37-26-30-14-4-5-15-31(30)39-36-20-10-11-21-38(36)47-44(37)39/h1-26H. The van der Waals surface area contributed by atoms with Gasteiger partial charge in [0.05, 0.1) is 22.4 Å². The van der Waals surface area contributed by atoms with Crippen molar-refractivity contribution in [1.82, 2.24) is 9.97 Å². The molecule has 0 aliphatic heterocycles. The second kappa shape index (κ2) is 10.1. The minimum absolute atomic E-state index is 0.864. The van der Waals surface area contributed by atoms with E-state index < -0.39 is 0 Å². The average Bonchev–Trinajstić information content (AvgIpc) is 3.55. The summed E-state index contributed by atoms with van der Waals surface area (Å²) in [5.74, 6) is 0. The summed E-state index contributed by atoms with van der Waals surface area (Å²) in [7, 11) is 0. The van der Waals surface area contributed by atoms with Crippen LogP contribution in [-0.4, -0.2) is 9.97 Å². The lowest BCUT2D eigenvalue weighted by molar-refractivity contribution is 0.670. The van der Waals surface area contributed by atoms with E-state index in [0.29, 0.717) is 0 Å². The van der Waals surface area contributed by atoms with Gasteiger partial charge in [-0.05, 0) is 39.2 Å². The van der Waals surface area contributed by atoms with Crippen LogP contribution in [0, 0.1) is 0 Å². The van der Waals surface area contributed by atoms with E-state index in [-0.39, 0.29) is 0 Å². The minimum atomic E-state index is 0.864. The van der Waals surface area contributed by atoms with Gasteiger partial charge in [-0.15, -0.1) is 0 Å². The van der Waals surface area contributed by atoms with E-state index in [1.54, 1.807) is 0 Å². The molecule has 0 aliphatic rings. The second-order valence-corrected chi connectivity index (χ2v) is 12.1. The Bertz CT molecular complexity index is 2830. The van der Waals surface area contributed by atoms with E-state index in [4.69, 9.17) is 14.4 Å². The number of rotatable bonds is 3. The summed E-state index contributed by atoms with van der Waals surface area (Å²) in [6.07, 6.45) is 0. The molecule has 0 amide bonds. The molecule has 218 valence electrons. The molecule has 10 aromatic rings. The first-order valence-corrected chi connectivity index (χ1v) is 15.9. The van der Waals surface area contributed by atoms with Gasteiger partial charge in [0.2, 0.25) is 0 Å². The summed E-state index contributed by atoms with van der Waals surface area (Å²) < 4.78 is 6.54. The summed E-state index contributed by atoms with van der Waals surface area (Å²) in [6.45, 7) is 0. The Morgan fingerprint density at radius 2 is 0.872 bits per heavy atom. The van der Waals surface area contributed by atoms with Crippen LogP contribution in [0.3, 0.4) is 0 Å². The number of hydrogen-bond acceptors (Lipinski definition) is 3. The molecule has 3 nitrogen and oxygen atoms in total. The zero-order valence-electron chi connectivity index (χ0n) is 25.3. The van der Waals surface area contributed by atoms with Crippen molar-refractivity contribution in [2.45, 2.75) is 0 Å². The topological polar surface area (TPSA) is 38.9 Å². The van der Waals surface area contributed by atoms with Crippen molar-refractivity contribution >= 4 is 65.3 Å². The van der Waals surface area contributed by atoms with Gasteiger partial charge in [-0.2, -0.15) is 0 Å². The zero-order valence-corrected chi connectivity index (χ0v) is 25.3. The Hall–Kier alpha value is -6.32. The van der Waals surface area contributed by atoms with Crippen molar-refractivity contribution in [3.05, 3.63) is 158 Å². The Kier molecular flexibility index (Phi) is 5.57. The molecule has 47 heavy (non-hydrogen) atoms. The molecule has 8 aromatic carbocycles. The number of benzene rings is 8. The normalized spacial score (nSPS) is 11.8. The lowest BCUT2D eigenvalue weighted by Gasteiger charge is -2.15. The third kappa shape index (κ3) is 3.93. The fraction of sp³-hybridized carbons (Fsp3) is 0. The quantitative estimate of drug-likeness (QED) is 0.190. The zero-order chi connectivity index (χ0) is 30.9. The third-order valence-electron chi connectivity index (χ3n) is 9.44. The molecule has 0 unspecified atom stereocenters. The van der Waals surface area contributed by atoms with Gasteiger partial charge < -0.3 is 4.42 Å². The fourth-order valence-corrected chi connectivity index (χ4v) is 7.25. The number of hydrogen-bond donors (Lipinski definition) is 0. The highest BCUT2D eigenvalue weighted by molar-refractivity contribution is 6.24. The fourth-order valence-electron chi connectivity index (χ4n) is 7.25. The Morgan fingerprint density at radius 1 is 0.383 bits per heavy atom. The van der Waals surface area contributed by atoms with E-state index in [1.807, 2.05) is 18.2 Å². The number of para-hydroxylation sites is 1. The highest BCUT2D eigenvalue weighted by Gasteiger charge is 2.19. The SMILES string of the molecule is c1ccc(-c2nc3c4ccccc4c4ccccc4c3nc2-c2ccc(-c3cc4ccccc4c4c3oc3ccccc34)cc2)cc1. The summed E-state index contributed by atoms with van der Waals surface area (Å²) in [5.41, 5.74) is 9.60. The molecule has 0 fully saturated rings. The Balaban J connectivity index is 1.22. The lowest BCUT2D eigenvalue weighted by Crippen LogP contribution is -1.97. The van der Waals surface area contributed by atoms with Gasteiger partial charge in [0.25, 0.3) is 0 Å². The van der Waals surface area contributed by atoms with Gasteiger partial charge in [-0.3, -0.25) is 0 Å². The van der Waals surface area contributed by atoms with E-state index in [2.05, 4.69) is 140 Å². The van der Waals surface area contributed by atoms with Crippen LogP contribution in [0.1, 0.15) is 0 Å². The van der Waals surface area contributed by atoms with Crippen LogP contribution in [-0.2, 0) is 0 Å². The third-order valence-corrected chi connectivity index (χ3v) is 9.44. The van der Waals surface area contributed by atoms with Crippen molar-refractivity contribution in [3.63, 3.8) is 0 Å². The molecular weight excluding hydrogens is 572 g/mol. The maximum absolute atomic E-state index is 6.54. The largest absolute Gasteiger partial charge is 0.455 e. The highest BCUT2D eigenvalue weighted by Crippen LogP contribution is 2.42. The molecule has 2 aromatic heterocycles. The molecular formula is C44H26N2O. The average molecular weight is 599 g/mol. The molecule has 0 spiro atoms. The van der Waals surface area contributed by atoms with Gasteiger partial charge in [-0.1, -0.05) is 146 Å². The van der Waals surface area contributed by atoms with Crippen LogP contribution < -0.4 is 0 Å². The molecule has 0 bridgehead atoms. The lowest BCUT2D eigenvalue weighted by atomic mass is 9.95. The predicted octanol–water partition coefficient (Wildman–Crippen LogP) is 12.0. The summed E-state index contributed by atoms with van der Waals surface area (Å²) in [6, 6.07) is 55.2. The molecule has 0 radical (unpaired) electrons. The Labute approximate surface area is 270 Å². The second-order valence-electron chi connectivity index (χ2n) is 12.1. The van der Waals surface area contributed by atoms with Crippen molar-refractivity contribution in [2.75, 3.05) is 0 Å². The van der Waals surface area contributed by atoms with Gasteiger partial charge in [0.1, 0.15) is 11.2 Å². The monoisotopic (exact) mass is 598 g/mol. The first kappa shape index (κ1) is 26.0. The molecule has 0 atom stereocenters. The molecule has 0 saturated carbocycles. The maximum Gasteiger partial charge on any atom is 0.143 e. The number of furan rings is 1. The molecule has 3 heteroatoms. The maximum atomic E-state index is 6.54. The first-order chi connectivity index (χ1) is 23.3. The van der Waals surface area contributed by atoms with Crippen molar-refractivity contribution in [1.29, 1.82) is 0 Å². The van der Waals surface area contributed by atoms with Crippen molar-refractivity contribution in [3.8, 4) is 33.6 Å².